The number of rotatable bonds is 7. The molecule has 0 atom stereocenters. The molecule has 3 aromatic rings. The van der Waals surface area contributed by atoms with Crippen LogP contribution in [0.3, 0.4) is 0 Å². The number of amides is 2. The predicted octanol–water partition coefficient (Wildman–Crippen LogP) is 3.83. The zero-order chi connectivity index (χ0) is 19.1. The molecule has 1 aromatic carbocycles. The summed E-state index contributed by atoms with van der Waals surface area (Å²) >= 11 is 1.64. The second kappa shape index (κ2) is 9.05. The maximum atomic E-state index is 12.1. The van der Waals surface area contributed by atoms with Crippen LogP contribution in [-0.2, 0) is 13.1 Å². The van der Waals surface area contributed by atoms with Gasteiger partial charge in [0.25, 0.3) is 0 Å². The minimum absolute atomic E-state index is 0.237. The number of aromatic nitrogens is 1. The lowest BCUT2D eigenvalue weighted by Crippen LogP contribution is -2.34. The van der Waals surface area contributed by atoms with Crippen molar-refractivity contribution < 1.29 is 14.3 Å². The summed E-state index contributed by atoms with van der Waals surface area (Å²) < 4.78 is 10.5. The van der Waals surface area contributed by atoms with Gasteiger partial charge in [-0.25, -0.2) is 4.79 Å². The van der Waals surface area contributed by atoms with Gasteiger partial charge in [0.15, 0.2) is 11.5 Å². The molecular formula is C20H21N3O3S. The lowest BCUT2D eigenvalue weighted by molar-refractivity contribution is 0.240. The third kappa shape index (κ3) is 4.98. The van der Waals surface area contributed by atoms with Gasteiger partial charge in [-0.1, -0.05) is 12.1 Å². The maximum Gasteiger partial charge on any atom is 0.315 e. The first-order valence-corrected chi connectivity index (χ1v) is 9.29. The van der Waals surface area contributed by atoms with Crippen molar-refractivity contribution in [2.45, 2.75) is 13.1 Å². The number of ether oxygens (including phenoxy) is 2. The number of urea groups is 1. The van der Waals surface area contributed by atoms with E-state index < -0.39 is 0 Å². The molecule has 6 nitrogen and oxygen atoms in total. The lowest BCUT2D eigenvalue weighted by Gasteiger charge is -2.11. The fraction of sp³-hybridized carbons (Fsp3) is 0.200. The normalized spacial score (nSPS) is 10.3. The molecule has 2 heterocycles. The highest BCUT2D eigenvalue weighted by molar-refractivity contribution is 7.13. The average Bonchev–Trinajstić information content (AvgIpc) is 3.25. The zero-order valence-corrected chi connectivity index (χ0v) is 16.0. The molecule has 0 spiro atoms. The quantitative estimate of drug-likeness (QED) is 0.650. The Balaban J connectivity index is 1.52. The molecule has 2 aromatic heterocycles. The monoisotopic (exact) mass is 383 g/mol. The summed E-state index contributed by atoms with van der Waals surface area (Å²) in [6.07, 6.45) is 1.76. The van der Waals surface area contributed by atoms with Crippen molar-refractivity contribution in [3.63, 3.8) is 0 Å². The molecule has 3 rings (SSSR count). The van der Waals surface area contributed by atoms with E-state index in [1.165, 1.54) is 0 Å². The fourth-order valence-electron chi connectivity index (χ4n) is 2.56. The Morgan fingerprint density at radius 1 is 1.00 bits per heavy atom. The number of carbonyl (C=O) groups excluding carboxylic acids is 1. The van der Waals surface area contributed by atoms with Crippen LogP contribution in [-0.4, -0.2) is 25.2 Å². The molecule has 0 radical (unpaired) electrons. The number of hydrogen-bond donors (Lipinski definition) is 2. The summed E-state index contributed by atoms with van der Waals surface area (Å²) in [5, 5.41) is 7.72. The number of pyridine rings is 1. The zero-order valence-electron chi connectivity index (χ0n) is 15.2. The number of methoxy groups -OCH3 is 2. The van der Waals surface area contributed by atoms with E-state index in [2.05, 4.69) is 15.6 Å². The Morgan fingerprint density at radius 3 is 2.41 bits per heavy atom. The maximum absolute atomic E-state index is 12.1. The van der Waals surface area contributed by atoms with E-state index in [-0.39, 0.29) is 6.03 Å². The fourth-order valence-corrected chi connectivity index (χ4v) is 3.25. The van der Waals surface area contributed by atoms with Crippen LogP contribution < -0.4 is 20.1 Å². The molecule has 0 saturated heterocycles. The van der Waals surface area contributed by atoms with E-state index in [0.29, 0.717) is 24.6 Å². The first-order chi connectivity index (χ1) is 13.2. The molecular weight excluding hydrogens is 362 g/mol. The van der Waals surface area contributed by atoms with Gasteiger partial charge in [0.05, 0.1) is 24.8 Å². The molecule has 7 heteroatoms. The Labute approximate surface area is 162 Å². The highest BCUT2D eigenvalue weighted by Gasteiger charge is 2.07. The molecule has 0 fully saturated rings. The summed E-state index contributed by atoms with van der Waals surface area (Å²) in [5.74, 6) is 1.29. The molecule has 140 valence electrons. The number of nitrogens with zero attached hydrogens (tertiary/aromatic N) is 1. The molecule has 2 amide bonds. The molecule has 27 heavy (non-hydrogen) atoms. The second-order valence-electron chi connectivity index (χ2n) is 5.75. The van der Waals surface area contributed by atoms with Crippen LogP contribution in [0.25, 0.3) is 10.6 Å². The van der Waals surface area contributed by atoms with Gasteiger partial charge in [-0.05, 0) is 46.8 Å². The van der Waals surface area contributed by atoms with Crippen LogP contribution in [0.4, 0.5) is 4.79 Å². The summed E-state index contributed by atoms with van der Waals surface area (Å²) in [6, 6.07) is 13.2. The molecule has 0 aliphatic heterocycles. The first kappa shape index (κ1) is 18.7. The smallest absolute Gasteiger partial charge is 0.315 e. The Hall–Kier alpha value is -3.06. The van der Waals surface area contributed by atoms with Gasteiger partial charge < -0.3 is 20.1 Å². The Morgan fingerprint density at radius 2 is 1.74 bits per heavy atom. The van der Waals surface area contributed by atoms with Gasteiger partial charge >= 0.3 is 6.03 Å². The van der Waals surface area contributed by atoms with Gasteiger partial charge in [-0.2, -0.15) is 0 Å². The molecule has 0 unspecified atom stereocenters. The van der Waals surface area contributed by atoms with Gasteiger partial charge in [-0.15, -0.1) is 11.3 Å². The Bertz CT molecular complexity index is 897. The summed E-state index contributed by atoms with van der Waals surface area (Å²) in [5.41, 5.74) is 2.83. The lowest BCUT2D eigenvalue weighted by atomic mass is 10.2. The second-order valence-corrected chi connectivity index (χ2v) is 6.70. The standard InChI is InChI=1S/C20H21N3O3S/c1-25-17-6-5-14(11-18(17)26-2)12-22-20(24)23-13-15-7-8-21-16(10-15)19-4-3-9-27-19/h3-11H,12-13H2,1-2H3,(H2,22,23,24). The number of hydrogen-bond acceptors (Lipinski definition) is 5. The van der Waals surface area contributed by atoms with Gasteiger partial charge in [0.1, 0.15) is 0 Å². The molecule has 2 N–H and O–H groups in total. The highest BCUT2D eigenvalue weighted by Crippen LogP contribution is 2.27. The van der Waals surface area contributed by atoms with Crippen LogP contribution in [0.5, 0.6) is 11.5 Å². The third-order valence-corrected chi connectivity index (χ3v) is 4.84. The Kier molecular flexibility index (Phi) is 6.27. The molecule has 0 aliphatic rings. The van der Waals surface area contributed by atoms with E-state index in [1.54, 1.807) is 31.8 Å². The van der Waals surface area contributed by atoms with E-state index in [9.17, 15) is 4.79 Å². The highest BCUT2D eigenvalue weighted by atomic mass is 32.1. The van der Waals surface area contributed by atoms with E-state index >= 15 is 0 Å². The van der Waals surface area contributed by atoms with Crippen LogP contribution in [0.15, 0.2) is 54.0 Å². The predicted molar refractivity (Wildman–Crippen MR) is 106 cm³/mol. The molecule has 0 saturated carbocycles. The molecule has 0 bridgehead atoms. The minimum atomic E-state index is -0.237. The van der Waals surface area contributed by atoms with Gasteiger partial charge in [0, 0.05) is 19.3 Å². The van der Waals surface area contributed by atoms with Crippen molar-refractivity contribution in [2.75, 3.05) is 14.2 Å². The number of nitrogens with one attached hydrogen (secondary N) is 2. The van der Waals surface area contributed by atoms with Crippen molar-refractivity contribution in [1.82, 2.24) is 15.6 Å². The van der Waals surface area contributed by atoms with Gasteiger partial charge in [0.2, 0.25) is 0 Å². The van der Waals surface area contributed by atoms with E-state index in [0.717, 1.165) is 21.7 Å². The SMILES string of the molecule is COc1ccc(CNC(=O)NCc2ccnc(-c3cccs3)c2)cc1OC. The van der Waals surface area contributed by atoms with Crippen molar-refractivity contribution in [3.8, 4) is 22.1 Å². The van der Waals surface area contributed by atoms with Crippen LogP contribution in [0, 0.1) is 0 Å². The van der Waals surface area contributed by atoms with Crippen molar-refractivity contribution in [1.29, 1.82) is 0 Å². The minimum Gasteiger partial charge on any atom is -0.493 e. The van der Waals surface area contributed by atoms with E-state index in [4.69, 9.17) is 9.47 Å². The third-order valence-electron chi connectivity index (χ3n) is 3.95. The molecule has 0 aliphatic carbocycles. The van der Waals surface area contributed by atoms with Crippen LogP contribution in [0.1, 0.15) is 11.1 Å². The summed E-state index contributed by atoms with van der Waals surface area (Å²) in [4.78, 5) is 17.6. The largest absolute Gasteiger partial charge is 0.493 e. The van der Waals surface area contributed by atoms with E-state index in [1.807, 2.05) is 47.8 Å². The van der Waals surface area contributed by atoms with Gasteiger partial charge in [-0.3, -0.25) is 4.98 Å². The van der Waals surface area contributed by atoms with Crippen molar-refractivity contribution in [3.05, 3.63) is 65.2 Å². The summed E-state index contributed by atoms with van der Waals surface area (Å²) in [7, 11) is 3.17. The number of benzene rings is 1. The average molecular weight is 383 g/mol. The number of thiophene rings is 1. The van der Waals surface area contributed by atoms with Crippen LogP contribution in [0.2, 0.25) is 0 Å². The number of carbonyl (C=O) groups is 1. The first-order valence-electron chi connectivity index (χ1n) is 8.41. The van der Waals surface area contributed by atoms with Crippen molar-refractivity contribution >= 4 is 17.4 Å². The topological polar surface area (TPSA) is 72.5 Å². The van der Waals surface area contributed by atoms with Crippen molar-refractivity contribution in [2.24, 2.45) is 0 Å². The van der Waals surface area contributed by atoms with Crippen LogP contribution >= 0.6 is 11.3 Å². The summed E-state index contributed by atoms with van der Waals surface area (Å²) in [6.45, 7) is 0.821.